The summed E-state index contributed by atoms with van der Waals surface area (Å²) in [5, 5.41) is 11.8. The van der Waals surface area contributed by atoms with Gasteiger partial charge in [0.15, 0.2) is 0 Å². The van der Waals surface area contributed by atoms with Crippen molar-refractivity contribution in [1.82, 2.24) is 0 Å². The van der Waals surface area contributed by atoms with E-state index in [1.54, 1.807) is 0 Å². The fraction of sp³-hybridized carbons (Fsp3) is 0.0263. The molecule has 0 aromatic heterocycles. The first-order chi connectivity index (χ1) is 39.6. The van der Waals surface area contributed by atoms with Crippen molar-refractivity contribution in [3.8, 4) is 0 Å². The molecular weight excluding hydrogens is 969 g/mol. The molecule has 0 saturated carbocycles. The molecule has 14 aromatic carbocycles. The summed E-state index contributed by atoms with van der Waals surface area (Å²) < 4.78 is 0. The number of nitrogens with zero attached hydrogens (tertiary/aromatic N) is 4. The summed E-state index contributed by atoms with van der Waals surface area (Å²) in [7, 11) is 0. The predicted octanol–water partition coefficient (Wildman–Crippen LogP) is 21.9. The Kier molecular flexibility index (Phi) is 12.3. The van der Waals surface area contributed by atoms with Crippen LogP contribution in [0.25, 0.3) is 53.9 Å². The topological polar surface area (TPSA) is 13.0 Å². The Balaban J connectivity index is 0.944. The Morgan fingerprint density at radius 1 is 0.163 bits per heavy atom. The average molecular weight is 1030 g/mol. The predicted molar refractivity (Wildman–Crippen MR) is 342 cm³/mol. The largest absolute Gasteiger partial charge is 0.310 e. The van der Waals surface area contributed by atoms with Crippen molar-refractivity contribution in [2.75, 3.05) is 19.6 Å². The van der Waals surface area contributed by atoms with Crippen LogP contribution < -0.4 is 19.6 Å². The first kappa shape index (κ1) is 48.0. The molecule has 0 spiro atoms. The van der Waals surface area contributed by atoms with E-state index in [9.17, 15) is 0 Å². The highest BCUT2D eigenvalue weighted by molar-refractivity contribution is 6.12. The highest BCUT2D eigenvalue weighted by Gasteiger charge is 2.25. The molecule has 0 atom stereocenters. The molecule has 0 unspecified atom stereocenters. The van der Waals surface area contributed by atoms with Crippen molar-refractivity contribution in [2.24, 2.45) is 0 Å². The highest BCUT2D eigenvalue weighted by Crippen LogP contribution is 2.50. The number of hydrogen-bond acceptors (Lipinski definition) is 4. The quantitative estimate of drug-likeness (QED) is 0.121. The molecule has 14 aromatic rings. The molecular formula is C76H56N4. The van der Waals surface area contributed by atoms with Crippen LogP contribution in [0.15, 0.2) is 303 Å². The van der Waals surface area contributed by atoms with Crippen LogP contribution in [0.1, 0.15) is 11.1 Å². The monoisotopic (exact) mass is 1020 g/mol. The molecule has 4 nitrogen and oxygen atoms in total. The Bertz CT molecular complexity index is 4290. The Morgan fingerprint density at radius 2 is 0.362 bits per heavy atom. The van der Waals surface area contributed by atoms with Gasteiger partial charge in [0.1, 0.15) is 0 Å². The fourth-order valence-corrected chi connectivity index (χ4v) is 12.0. The van der Waals surface area contributed by atoms with E-state index in [4.69, 9.17) is 0 Å². The molecule has 0 aliphatic carbocycles. The van der Waals surface area contributed by atoms with E-state index in [-0.39, 0.29) is 0 Å². The maximum absolute atomic E-state index is 2.46. The van der Waals surface area contributed by atoms with Crippen LogP contribution in [-0.4, -0.2) is 0 Å². The van der Waals surface area contributed by atoms with Crippen LogP contribution in [0.5, 0.6) is 0 Å². The lowest BCUT2D eigenvalue weighted by atomic mass is 10.0. The summed E-state index contributed by atoms with van der Waals surface area (Å²) in [5.41, 5.74) is 15.6. The van der Waals surface area contributed by atoms with Gasteiger partial charge in [-0.1, -0.05) is 206 Å². The van der Waals surface area contributed by atoms with Crippen LogP contribution in [0.4, 0.5) is 68.2 Å². The molecule has 0 heterocycles. The van der Waals surface area contributed by atoms with Crippen molar-refractivity contribution >= 4 is 122 Å². The average Bonchev–Trinajstić information content (AvgIpc) is 3.61. The molecule has 380 valence electrons. The van der Waals surface area contributed by atoms with E-state index < -0.39 is 0 Å². The van der Waals surface area contributed by atoms with Crippen molar-refractivity contribution in [2.45, 2.75) is 13.8 Å². The maximum atomic E-state index is 2.46. The zero-order valence-corrected chi connectivity index (χ0v) is 44.7. The molecule has 4 heteroatoms. The lowest BCUT2D eigenvalue weighted by Crippen LogP contribution is -2.15. The summed E-state index contributed by atoms with van der Waals surface area (Å²) in [6.45, 7) is 4.39. The summed E-state index contributed by atoms with van der Waals surface area (Å²) in [6.07, 6.45) is 0. The maximum Gasteiger partial charge on any atom is 0.0541 e. The number of para-hydroxylation sites is 2. The van der Waals surface area contributed by atoms with Crippen molar-refractivity contribution < 1.29 is 0 Å². The third kappa shape index (κ3) is 8.51. The molecule has 80 heavy (non-hydrogen) atoms. The second-order valence-electron chi connectivity index (χ2n) is 20.6. The van der Waals surface area contributed by atoms with Crippen molar-refractivity contribution in [3.05, 3.63) is 314 Å². The fourth-order valence-electron chi connectivity index (χ4n) is 12.0. The van der Waals surface area contributed by atoms with Gasteiger partial charge in [-0.2, -0.15) is 0 Å². The van der Waals surface area contributed by atoms with E-state index in [2.05, 4.69) is 337 Å². The van der Waals surface area contributed by atoms with Crippen LogP contribution in [0, 0.1) is 13.8 Å². The molecule has 14 rings (SSSR count). The minimum Gasteiger partial charge on any atom is -0.310 e. The van der Waals surface area contributed by atoms with E-state index in [0.717, 1.165) is 79.0 Å². The normalized spacial score (nSPS) is 11.4. The van der Waals surface area contributed by atoms with Gasteiger partial charge < -0.3 is 19.6 Å². The lowest BCUT2D eigenvalue weighted by Gasteiger charge is -2.33. The zero-order valence-electron chi connectivity index (χ0n) is 44.7. The standard InChI is InChI=1S/C76H56N4/c1-53-21-3-15-37-69(53)77(71-39-17-27-55-23-5-9-31-63(55)71)59-43-47-61(48-44-59)79(73-41-19-29-57-25-7-11-33-65(57)73)75-51-52-76(68-36-14-13-35-67(68)75)80(74-42-20-30-58-26-8-12-34-66(58)74)62-49-45-60(46-50-62)78(70-38-16-4-22-54(70)2)72-40-18-28-56-24-6-10-32-64(56)72/h3-52H,1-2H3. The zero-order chi connectivity index (χ0) is 53.5. The van der Waals surface area contributed by atoms with E-state index in [0.29, 0.717) is 0 Å². The SMILES string of the molecule is Cc1ccccc1N(c1ccc(N(c2cccc3ccccc23)c2ccc(N(c3ccc(N(c4ccccc4C)c4cccc5ccccc45)cc3)c3cccc4ccccc34)c3ccccc23)cc1)c1cccc2ccccc12. The van der Waals surface area contributed by atoms with Gasteiger partial charge in [-0.15, -0.1) is 0 Å². The summed E-state index contributed by atoms with van der Waals surface area (Å²) in [4.78, 5) is 9.73. The minimum absolute atomic E-state index is 1.05. The van der Waals surface area contributed by atoms with Crippen LogP contribution >= 0.6 is 0 Å². The van der Waals surface area contributed by atoms with Gasteiger partial charge in [-0.25, -0.2) is 0 Å². The van der Waals surface area contributed by atoms with Crippen molar-refractivity contribution in [3.63, 3.8) is 0 Å². The van der Waals surface area contributed by atoms with Crippen molar-refractivity contribution in [1.29, 1.82) is 0 Å². The highest BCUT2D eigenvalue weighted by atomic mass is 15.2. The smallest absolute Gasteiger partial charge is 0.0541 e. The number of hydrogen-bond donors (Lipinski definition) is 0. The Hall–Kier alpha value is -10.4. The van der Waals surface area contributed by atoms with Gasteiger partial charge in [-0.3, -0.25) is 0 Å². The molecule has 0 bridgehead atoms. The van der Waals surface area contributed by atoms with Gasteiger partial charge in [-0.05, 0) is 144 Å². The number of rotatable bonds is 12. The van der Waals surface area contributed by atoms with Gasteiger partial charge in [0.05, 0.1) is 34.1 Å². The molecule has 0 fully saturated rings. The minimum atomic E-state index is 1.05. The summed E-state index contributed by atoms with van der Waals surface area (Å²) in [6, 6.07) is 111. The first-order valence-corrected chi connectivity index (χ1v) is 27.5. The molecule has 0 aliphatic rings. The van der Waals surface area contributed by atoms with Gasteiger partial charge in [0.2, 0.25) is 0 Å². The number of anilines is 12. The number of fused-ring (bicyclic) bond motifs is 5. The van der Waals surface area contributed by atoms with E-state index >= 15 is 0 Å². The van der Waals surface area contributed by atoms with Crippen LogP contribution in [-0.2, 0) is 0 Å². The summed E-state index contributed by atoms with van der Waals surface area (Å²) >= 11 is 0. The summed E-state index contributed by atoms with van der Waals surface area (Å²) in [5.74, 6) is 0. The third-order valence-electron chi connectivity index (χ3n) is 15.8. The first-order valence-electron chi connectivity index (χ1n) is 27.5. The van der Waals surface area contributed by atoms with Crippen LogP contribution in [0.2, 0.25) is 0 Å². The molecule has 0 aliphatic heterocycles. The van der Waals surface area contributed by atoms with E-state index in [1.807, 2.05) is 0 Å². The Labute approximate surface area is 467 Å². The molecule has 0 N–H and O–H groups in total. The third-order valence-corrected chi connectivity index (χ3v) is 15.8. The molecule has 0 saturated heterocycles. The second kappa shape index (κ2) is 20.5. The lowest BCUT2D eigenvalue weighted by molar-refractivity contribution is 1.25. The van der Waals surface area contributed by atoms with E-state index in [1.165, 1.54) is 54.2 Å². The van der Waals surface area contributed by atoms with Gasteiger partial charge in [0, 0.05) is 66.4 Å². The van der Waals surface area contributed by atoms with Gasteiger partial charge in [0.25, 0.3) is 0 Å². The molecule has 0 radical (unpaired) electrons. The number of aryl methyl sites for hydroxylation is 2. The second-order valence-corrected chi connectivity index (χ2v) is 20.6. The number of benzene rings is 14. The molecule has 0 amide bonds. The van der Waals surface area contributed by atoms with Gasteiger partial charge >= 0.3 is 0 Å². The van der Waals surface area contributed by atoms with Crippen LogP contribution in [0.3, 0.4) is 0 Å². The Morgan fingerprint density at radius 3 is 0.650 bits per heavy atom.